The van der Waals surface area contributed by atoms with Crippen LogP contribution in [0.2, 0.25) is 0 Å². The van der Waals surface area contributed by atoms with E-state index < -0.39 is 24.4 Å². The van der Waals surface area contributed by atoms with Gasteiger partial charge in [0.05, 0.1) is 38.7 Å². The summed E-state index contributed by atoms with van der Waals surface area (Å²) in [4.78, 5) is 18.3. The van der Waals surface area contributed by atoms with Gasteiger partial charge in [0, 0.05) is 0 Å². The number of carbonyl (C=O) groups excluding carboxylic acids is 1. The molecule has 0 aliphatic carbocycles. The van der Waals surface area contributed by atoms with Gasteiger partial charge < -0.3 is 33.6 Å². The Labute approximate surface area is 256 Å². The molecule has 3 heterocycles. The molecule has 0 saturated carbocycles. The molecule has 12 heteroatoms. The number of nitrogens with zero attached hydrogens (tertiary/aromatic N) is 4. The molecule has 1 N–H and O–H groups in total. The lowest BCUT2D eigenvalue weighted by atomic mass is 10.0. The fraction of sp³-hybridized carbons (Fsp3) is 0.438. The topological polar surface area (TPSA) is 136 Å². The number of methoxy groups -OCH3 is 1. The van der Waals surface area contributed by atoms with Gasteiger partial charge in [0.15, 0.2) is 6.10 Å². The van der Waals surface area contributed by atoms with Gasteiger partial charge in [-0.1, -0.05) is 46.8 Å². The van der Waals surface area contributed by atoms with Gasteiger partial charge in [-0.2, -0.15) is 0 Å². The van der Waals surface area contributed by atoms with Crippen LogP contribution in [0.15, 0.2) is 78.1 Å². The summed E-state index contributed by atoms with van der Waals surface area (Å²) in [6.45, 7) is 4.25. The Balaban J connectivity index is 1.12. The maximum absolute atomic E-state index is 12.7. The van der Waals surface area contributed by atoms with Crippen molar-refractivity contribution in [3.63, 3.8) is 0 Å². The first-order valence-electron chi connectivity index (χ1n) is 14.6. The van der Waals surface area contributed by atoms with E-state index in [1.807, 2.05) is 66.7 Å². The number of hydrogen-bond acceptors (Lipinski definition) is 11. The highest BCUT2D eigenvalue weighted by Gasteiger charge is 2.31. The number of oxime groups is 1. The van der Waals surface area contributed by atoms with Crippen LogP contribution in [0.25, 0.3) is 0 Å². The second kappa shape index (κ2) is 15.0. The van der Waals surface area contributed by atoms with E-state index in [9.17, 15) is 9.90 Å². The summed E-state index contributed by atoms with van der Waals surface area (Å²) in [6, 6.07) is 16.8. The van der Waals surface area contributed by atoms with Gasteiger partial charge in [-0.3, -0.25) is 4.79 Å². The average Bonchev–Trinajstić information content (AvgIpc) is 3.72. The molecule has 0 spiro atoms. The van der Waals surface area contributed by atoms with E-state index in [4.69, 9.17) is 28.5 Å². The van der Waals surface area contributed by atoms with E-state index >= 15 is 0 Å². The summed E-state index contributed by atoms with van der Waals surface area (Å²) in [7, 11) is 1.61. The minimum atomic E-state index is -0.626. The molecule has 5 rings (SSSR count). The molecule has 0 bridgehead atoms. The SMILES string of the molecule is COc1ccc(O[C@H]2C=C[C@@H](c3ccccc3)O[C@@H]2COC(=O)CCC(C)=NO[C@H](C)c2cn([C@@H]3COC[C@H]3O)nn2)cc1. The molecule has 1 saturated heterocycles. The Morgan fingerprint density at radius 1 is 1.09 bits per heavy atom. The number of rotatable bonds is 13. The zero-order valence-corrected chi connectivity index (χ0v) is 25.0. The first-order chi connectivity index (χ1) is 21.4. The monoisotopic (exact) mass is 606 g/mol. The minimum Gasteiger partial charge on any atom is -0.497 e. The van der Waals surface area contributed by atoms with Gasteiger partial charge in [0.25, 0.3) is 0 Å². The van der Waals surface area contributed by atoms with Crippen LogP contribution in [-0.2, 0) is 23.8 Å². The molecule has 1 fully saturated rings. The number of aliphatic hydroxyl groups excluding tert-OH is 1. The zero-order valence-electron chi connectivity index (χ0n) is 25.0. The maximum Gasteiger partial charge on any atom is 0.306 e. The summed E-state index contributed by atoms with van der Waals surface area (Å²) in [5.41, 5.74) is 2.20. The predicted molar refractivity (Wildman–Crippen MR) is 159 cm³/mol. The number of ether oxygens (including phenoxy) is 5. The van der Waals surface area contributed by atoms with E-state index in [1.165, 1.54) is 0 Å². The highest BCUT2D eigenvalue weighted by Crippen LogP contribution is 2.29. The number of esters is 1. The lowest BCUT2D eigenvalue weighted by Crippen LogP contribution is -2.40. The number of hydrogen-bond donors (Lipinski definition) is 1. The van der Waals surface area contributed by atoms with Crippen LogP contribution >= 0.6 is 0 Å². The van der Waals surface area contributed by atoms with Crippen molar-refractivity contribution in [3.05, 3.63) is 84.2 Å². The minimum absolute atomic E-state index is 0.0213. The van der Waals surface area contributed by atoms with Crippen molar-refractivity contribution >= 4 is 11.7 Å². The van der Waals surface area contributed by atoms with Crippen molar-refractivity contribution in [2.45, 2.75) is 63.3 Å². The third-order valence-corrected chi connectivity index (χ3v) is 7.39. The molecular formula is C32H38N4O8. The standard InChI is InChI=1S/C32H38N4O8/c1-21(34-44-22(2)26-17-36(35-33-26)27-18-40-19-28(27)37)9-16-32(38)41-20-31-30(42-25-12-10-24(39-3)11-13-25)15-14-29(43-31)23-7-5-4-6-8-23/h4-8,10-15,17,22,27-31,37H,9,16,18-20H2,1-3H3/t22-,27-,28-,29+,30+,31-/m1/s1. The molecule has 3 aromatic rings. The van der Waals surface area contributed by atoms with E-state index in [1.54, 1.807) is 31.8 Å². The Bertz CT molecular complexity index is 1410. The molecule has 6 atom stereocenters. The molecule has 234 valence electrons. The van der Waals surface area contributed by atoms with Gasteiger partial charge in [0.2, 0.25) is 0 Å². The normalized spacial score (nSPS) is 24.1. The summed E-state index contributed by atoms with van der Waals surface area (Å²) in [5, 5.41) is 22.4. The molecule has 1 aromatic heterocycles. The maximum atomic E-state index is 12.7. The summed E-state index contributed by atoms with van der Waals surface area (Å²) >= 11 is 0. The van der Waals surface area contributed by atoms with Crippen LogP contribution in [-0.4, -0.2) is 77.0 Å². The largest absolute Gasteiger partial charge is 0.497 e. The second-order valence-electron chi connectivity index (χ2n) is 10.7. The average molecular weight is 607 g/mol. The summed E-state index contributed by atoms with van der Waals surface area (Å²) in [6.07, 6.45) is 3.72. The fourth-order valence-corrected chi connectivity index (χ4v) is 4.76. The highest BCUT2D eigenvalue weighted by molar-refractivity contribution is 5.85. The quantitative estimate of drug-likeness (QED) is 0.131. The van der Waals surface area contributed by atoms with Crippen LogP contribution in [0.5, 0.6) is 11.5 Å². The predicted octanol–water partition coefficient (Wildman–Crippen LogP) is 4.14. The second-order valence-corrected chi connectivity index (χ2v) is 10.7. The van der Waals surface area contributed by atoms with Crippen molar-refractivity contribution in [3.8, 4) is 11.5 Å². The van der Waals surface area contributed by atoms with Crippen LogP contribution in [0.1, 0.15) is 56.2 Å². The fourth-order valence-electron chi connectivity index (χ4n) is 4.76. The first kappa shape index (κ1) is 31.2. The summed E-state index contributed by atoms with van der Waals surface area (Å²) in [5.74, 6) is 0.988. The van der Waals surface area contributed by atoms with E-state index in [0.29, 0.717) is 30.2 Å². The van der Waals surface area contributed by atoms with E-state index in [0.717, 1.165) is 11.3 Å². The smallest absolute Gasteiger partial charge is 0.306 e. The Morgan fingerprint density at radius 3 is 2.59 bits per heavy atom. The van der Waals surface area contributed by atoms with E-state index in [-0.39, 0.29) is 37.7 Å². The van der Waals surface area contributed by atoms with Crippen molar-refractivity contribution in [2.75, 3.05) is 26.9 Å². The highest BCUT2D eigenvalue weighted by atomic mass is 16.6. The first-order valence-corrected chi connectivity index (χ1v) is 14.6. The van der Waals surface area contributed by atoms with Gasteiger partial charge >= 0.3 is 5.97 Å². The molecular weight excluding hydrogens is 568 g/mol. The zero-order chi connectivity index (χ0) is 30.9. The molecule has 2 aromatic carbocycles. The molecule has 0 radical (unpaired) electrons. The summed E-state index contributed by atoms with van der Waals surface area (Å²) < 4.78 is 30.2. The molecule has 2 aliphatic heterocycles. The third-order valence-electron chi connectivity index (χ3n) is 7.39. The molecule has 12 nitrogen and oxygen atoms in total. The molecule has 44 heavy (non-hydrogen) atoms. The number of carbonyl (C=O) groups is 1. The lowest BCUT2D eigenvalue weighted by molar-refractivity contribution is -0.152. The van der Waals surface area contributed by atoms with Crippen molar-refractivity contribution < 1.29 is 38.4 Å². The number of aliphatic hydroxyl groups is 1. The van der Waals surface area contributed by atoms with E-state index in [2.05, 4.69) is 15.5 Å². The van der Waals surface area contributed by atoms with Crippen LogP contribution in [0, 0.1) is 0 Å². The van der Waals surface area contributed by atoms with Gasteiger partial charge in [0.1, 0.15) is 54.3 Å². The van der Waals surface area contributed by atoms with Crippen LogP contribution in [0.3, 0.4) is 0 Å². The van der Waals surface area contributed by atoms with Gasteiger partial charge in [-0.15, -0.1) is 5.10 Å². The lowest BCUT2D eigenvalue weighted by Gasteiger charge is -2.32. The molecule has 0 unspecified atom stereocenters. The van der Waals surface area contributed by atoms with Crippen LogP contribution in [0.4, 0.5) is 0 Å². The third kappa shape index (κ3) is 8.22. The Hall–Kier alpha value is -4.26. The number of benzene rings is 2. The number of aromatic nitrogens is 3. The van der Waals surface area contributed by atoms with Crippen LogP contribution < -0.4 is 9.47 Å². The van der Waals surface area contributed by atoms with Crippen molar-refractivity contribution in [2.24, 2.45) is 5.16 Å². The van der Waals surface area contributed by atoms with Crippen molar-refractivity contribution in [1.29, 1.82) is 0 Å². The molecule has 0 amide bonds. The Morgan fingerprint density at radius 2 is 1.86 bits per heavy atom. The van der Waals surface area contributed by atoms with Gasteiger partial charge in [-0.25, -0.2) is 4.68 Å². The van der Waals surface area contributed by atoms with Crippen molar-refractivity contribution in [1.82, 2.24) is 15.0 Å². The Kier molecular flexibility index (Phi) is 10.6. The van der Waals surface area contributed by atoms with Gasteiger partial charge in [-0.05, 0) is 56.2 Å². The molecule has 2 aliphatic rings.